The van der Waals surface area contributed by atoms with Crippen molar-refractivity contribution in [3.8, 4) is 0 Å². The van der Waals surface area contributed by atoms with E-state index < -0.39 is 0 Å². The standard InChI is InChI=1S/C13H19N/c1-9-5-6-10(2)12-11(9)7-8-13(3,4)14-12/h5-6,14H,7-8H2,1-4H3. The second-order valence-electron chi connectivity index (χ2n) is 5.06. The lowest BCUT2D eigenvalue weighted by molar-refractivity contribution is 0.500. The fraction of sp³-hybridized carbons (Fsp3) is 0.538. The number of hydrogen-bond acceptors (Lipinski definition) is 1. The number of fused-ring (bicyclic) bond motifs is 1. The van der Waals surface area contributed by atoms with Gasteiger partial charge >= 0.3 is 0 Å². The first-order valence-electron chi connectivity index (χ1n) is 5.37. The number of rotatable bonds is 0. The van der Waals surface area contributed by atoms with Gasteiger partial charge in [-0.3, -0.25) is 0 Å². The lowest BCUT2D eigenvalue weighted by Crippen LogP contribution is -2.35. The van der Waals surface area contributed by atoms with Gasteiger partial charge in [0.15, 0.2) is 0 Å². The van der Waals surface area contributed by atoms with Crippen LogP contribution in [0.4, 0.5) is 5.69 Å². The topological polar surface area (TPSA) is 12.0 Å². The molecule has 1 aromatic rings. The molecular weight excluding hydrogens is 170 g/mol. The van der Waals surface area contributed by atoms with Gasteiger partial charge in [0.25, 0.3) is 0 Å². The van der Waals surface area contributed by atoms with Crippen LogP contribution in [0.5, 0.6) is 0 Å². The molecule has 0 aromatic heterocycles. The zero-order valence-corrected chi connectivity index (χ0v) is 9.57. The highest BCUT2D eigenvalue weighted by atomic mass is 15.0. The molecule has 0 radical (unpaired) electrons. The molecule has 1 N–H and O–H groups in total. The Bertz CT molecular complexity index is 364. The molecule has 0 unspecified atom stereocenters. The third kappa shape index (κ3) is 1.52. The zero-order valence-electron chi connectivity index (χ0n) is 9.57. The number of benzene rings is 1. The van der Waals surface area contributed by atoms with Crippen LogP contribution in [0.25, 0.3) is 0 Å². The Morgan fingerprint density at radius 2 is 1.79 bits per heavy atom. The Hall–Kier alpha value is -0.980. The maximum atomic E-state index is 3.65. The van der Waals surface area contributed by atoms with Crippen LogP contribution in [0.2, 0.25) is 0 Å². The Balaban J connectivity index is 2.51. The number of anilines is 1. The Morgan fingerprint density at radius 3 is 2.50 bits per heavy atom. The smallest absolute Gasteiger partial charge is 0.0409 e. The van der Waals surface area contributed by atoms with Crippen molar-refractivity contribution in [2.75, 3.05) is 5.32 Å². The summed E-state index contributed by atoms with van der Waals surface area (Å²) in [5, 5.41) is 3.65. The summed E-state index contributed by atoms with van der Waals surface area (Å²) in [4.78, 5) is 0. The molecule has 0 atom stereocenters. The largest absolute Gasteiger partial charge is 0.380 e. The van der Waals surface area contributed by atoms with Crippen LogP contribution in [-0.2, 0) is 6.42 Å². The van der Waals surface area contributed by atoms with E-state index in [-0.39, 0.29) is 5.54 Å². The first-order chi connectivity index (χ1) is 6.49. The third-order valence-corrected chi connectivity index (χ3v) is 3.22. The molecule has 0 aliphatic carbocycles. The van der Waals surface area contributed by atoms with Crippen LogP contribution in [0.1, 0.15) is 37.0 Å². The first kappa shape index (κ1) is 9.57. The van der Waals surface area contributed by atoms with Crippen LogP contribution in [0.3, 0.4) is 0 Å². The highest BCUT2D eigenvalue weighted by Gasteiger charge is 2.25. The molecule has 1 aliphatic rings. The average Bonchev–Trinajstić information content (AvgIpc) is 2.10. The van der Waals surface area contributed by atoms with Crippen molar-refractivity contribution in [3.05, 3.63) is 28.8 Å². The van der Waals surface area contributed by atoms with Gasteiger partial charge < -0.3 is 5.32 Å². The van der Waals surface area contributed by atoms with Crippen molar-refractivity contribution in [2.24, 2.45) is 0 Å². The minimum absolute atomic E-state index is 0.256. The van der Waals surface area contributed by atoms with E-state index in [1.807, 2.05) is 0 Å². The molecule has 0 bridgehead atoms. The van der Waals surface area contributed by atoms with Crippen molar-refractivity contribution in [2.45, 2.75) is 46.1 Å². The van der Waals surface area contributed by atoms with Crippen LogP contribution in [0.15, 0.2) is 12.1 Å². The van der Waals surface area contributed by atoms with Crippen molar-refractivity contribution in [1.29, 1.82) is 0 Å². The van der Waals surface area contributed by atoms with Gasteiger partial charge in [0.2, 0.25) is 0 Å². The maximum Gasteiger partial charge on any atom is 0.0409 e. The molecule has 14 heavy (non-hydrogen) atoms. The van der Waals surface area contributed by atoms with Crippen molar-refractivity contribution >= 4 is 5.69 Å². The van der Waals surface area contributed by atoms with Gasteiger partial charge in [-0.15, -0.1) is 0 Å². The summed E-state index contributed by atoms with van der Waals surface area (Å²) in [6.07, 6.45) is 2.44. The van der Waals surface area contributed by atoms with Crippen LogP contribution in [0, 0.1) is 13.8 Å². The fourth-order valence-electron chi connectivity index (χ4n) is 2.20. The molecule has 0 saturated heterocycles. The minimum Gasteiger partial charge on any atom is -0.380 e. The van der Waals surface area contributed by atoms with Crippen molar-refractivity contribution in [3.63, 3.8) is 0 Å². The summed E-state index contributed by atoms with van der Waals surface area (Å²) in [6, 6.07) is 4.44. The molecule has 0 saturated carbocycles. The van der Waals surface area contributed by atoms with Gasteiger partial charge in [0, 0.05) is 11.2 Å². The van der Waals surface area contributed by atoms with E-state index in [4.69, 9.17) is 0 Å². The zero-order chi connectivity index (χ0) is 10.3. The van der Waals surface area contributed by atoms with Gasteiger partial charge in [-0.05, 0) is 57.2 Å². The molecule has 1 aliphatic heterocycles. The number of aryl methyl sites for hydroxylation is 2. The number of hydrogen-bond donors (Lipinski definition) is 1. The van der Waals surface area contributed by atoms with Gasteiger partial charge in [0.1, 0.15) is 0 Å². The first-order valence-corrected chi connectivity index (χ1v) is 5.37. The summed E-state index contributed by atoms with van der Waals surface area (Å²) in [5.41, 5.74) is 5.95. The van der Waals surface area contributed by atoms with Crippen molar-refractivity contribution < 1.29 is 0 Å². The summed E-state index contributed by atoms with van der Waals surface area (Å²) in [7, 11) is 0. The molecule has 0 fully saturated rings. The molecule has 76 valence electrons. The predicted molar refractivity (Wildman–Crippen MR) is 61.9 cm³/mol. The molecule has 0 amide bonds. The molecule has 1 nitrogen and oxygen atoms in total. The van der Waals surface area contributed by atoms with E-state index in [2.05, 4.69) is 45.1 Å². The Morgan fingerprint density at radius 1 is 1.14 bits per heavy atom. The molecule has 1 aromatic carbocycles. The maximum absolute atomic E-state index is 3.65. The summed E-state index contributed by atoms with van der Waals surface area (Å²) >= 11 is 0. The van der Waals surface area contributed by atoms with Crippen LogP contribution in [-0.4, -0.2) is 5.54 Å². The number of nitrogens with one attached hydrogen (secondary N) is 1. The van der Waals surface area contributed by atoms with Gasteiger partial charge in [-0.2, -0.15) is 0 Å². The molecule has 2 rings (SSSR count). The normalized spacial score (nSPS) is 18.6. The SMILES string of the molecule is Cc1ccc(C)c2c1CCC(C)(C)N2. The van der Waals surface area contributed by atoms with E-state index in [0.29, 0.717) is 0 Å². The lowest BCUT2D eigenvalue weighted by Gasteiger charge is -2.35. The Labute approximate surface area is 86.5 Å². The Kier molecular flexibility index (Phi) is 2.06. The van der Waals surface area contributed by atoms with E-state index in [1.165, 1.54) is 35.2 Å². The summed E-state index contributed by atoms with van der Waals surface area (Å²) in [5.74, 6) is 0. The van der Waals surface area contributed by atoms with E-state index in [9.17, 15) is 0 Å². The van der Waals surface area contributed by atoms with Crippen molar-refractivity contribution in [1.82, 2.24) is 0 Å². The van der Waals surface area contributed by atoms with E-state index in [0.717, 1.165) is 0 Å². The van der Waals surface area contributed by atoms with Crippen LogP contribution >= 0.6 is 0 Å². The molecular formula is C13H19N. The van der Waals surface area contributed by atoms with Gasteiger partial charge in [0.05, 0.1) is 0 Å². The minimum atomic E-state index is 0.256. The van der Waals surface area contributed by atoms with Crippen LogP contribution < -0.4 is 5.32 Å². The van der Waals surface area contributed by atoms with E-state index >= 15 is 0 Å². The van der Waals surface area contributed by atoms with Gasteiger partial charge in [-0.25, -0.2) is 0 Å². The summed E-state index contributed by atoms with van der Waals surface area (Å²) in [6.45, 7) is 8.94. The summed E-state index contributed by atoms with van der Waals surface area (Å²) < 4.78 is 0. The monoisotopic (exact) mass is 189 g/mol. The van der Waals surface area contributed by atoms with E-state index in [1.54, 1.807) is 0 Å². The second kappa shape index (κ2) is 3.01. The third-order valence-electron chi connectivity index (χ3n) is 3.22. The molecule has 1 heteroatoms. The molecule has 1 heterocycles. The van der Waals surface area contributed by atoms with Gasteiger partial charge in [-0.1, -0.05) is 12.1 Å². The second-order valence-corrected chi connectivity index (χ2v) is 5.06. The highest BCUT2D eigenvalue weighted by molar-refractivity contribution is 5.62. The lowest BCUT2D eigenvalue weighted by atomic mass is 9.86. The average molecular weight is 189 g/mol. The predicted octanol–water partition coefficient (Wildman–Crippen LogP) is 3.44. The molecule has 0 spiro atoms. The highest BCUT2D eigenvalue weighted by Crippen LogP contribution is 2.34. The quantitative estimate of drug-likeness (QED) is 0.659. The fourth-order valence-corrected chi connectivity index (χ4v) is 2.20.